The molecular formula is C28H39NO4. The summed E-state index contributed by atoms with van der Waals surface area (Å²) >= 11 is 0. The van der Waals surface area contributed by atoms with Crippen molar-refractivity contribution in [1.82, 2.24) is 0 Å². The van der Waals surface area contributed by atoms with Gasteiger partial charge < -0.3 is 18.9 Å². The third kappa shape index (κ3) is 7.18. The molecule has 0 radical (unpaired) electrons. The Hall–Kier alpha value is -2.63. The van der Waals surface area contributed by atoms with Crippen molar-refractivity contribution >= 4 is 11.4 Å². The summed E-state index contributed by atoms with van der Waals surface area (Å²) < 4.78 is 21.3. The molecule has 2 aromatic rings. The number of nitrogens with zero attached hydrogens (tertiary/aromatic N) is 1. The Morgan fingerprint density at radius 3 is 2.21 bits per heavy atom. The lowest BCUT2D eigenvalue weighted by Gasteiger charge is -2.28. The topological polar surface area (TPSA) is 49.3 Å². The average molecular weight is 454 g/mol. The van der Waals surface area contributed by atoms with Crippen LogP contribution in [0.25, 0.3) is 0 Å². The Bertz CT molecular complexity index is 932. The highest BCUT2D eigenvalue weighted by molar-refractivity contribution is 6.06. The SMILES string of the molecule is C=C(C)[C@H](COC)Oc1ccc2c(c1C(C)C)C(=Nc1ccc(OC)cc1)CCC2.COC. The fraction of sp³-hybridized carbons (Fsp3) is 0.464. The van der Waals surface area contributed by atoms with Gasteiger partial charge in [-0.15, -0.1) is 0 Å². The van der Waals surface area contributed by atoms with Gasteiger partial charge in [-0.2, -0.15) is 0 Å². The monoisotopic (exact) mass is 453 g/mol. The number of aliphatic imine (C=N–C) groups is 1. The number of benzene rings is 2. The molecular weight excluding hydrogens is 414 g/mol. The van der Waals surface area contributed by atoms with Gasteiger partial charge >= 0.3 is 0 Å². The summed E-state index contributed by atoms with van der Waals surface area (Å²) in [6, 6.07) is 12.2. The predicted molar refractivity (Wildman–Crippen MR) is 137 cm³/mol. The van der Waals surface area contributed by atoms with E-state index in [1.807, 2.05) is 31.2 Å². The van der Waals surface area contributed by atoms with Crippen LogP contribution in [-0.4, -0.2) is 46.9 Å². The summed E-state index contributed by atoms with van der Waals surface area (Å²) in [7, 11) is 6.62. The van der Waals surface area contributed by atoms with Crippen LogP contribution < -0.4 is 9.47 Å². The molecule has 0 unspecified atom stereocenters. The van der Waals surface area contributed by atoms with Crippen molar-refractivity contribution in [2.24, 2.45) is 4.99 Å². The van der Waals surface area contributed by atoms with E-state index in [2.05, 4.69) is 37.3 Å². The van der Waals surface area contributed by atoms with Crippen molar-refractivity contribution < 1.29 is 18.9 Å². The van der Waals surface area contributed by atoms with Crippen molar-refractivity contribution in [1.29, 1.82) is 0 Å². The van der Waals surface area contributed by atoms with Crippen LogP contribution in [0.3, 0.4) is 0 Å². The predicted octanol–water partition coefficient (Wildman–Crippen LogP) is 6.51. The van der Waals surface area contributed by atoms with Crippen molar-refractivity contribution in [3.63, 3.8) is 0 Å². The molecule has 1 aliphatic rings. The minimum Gasteiger partial charge on any atom is -0.497 e. The Labute approximate surface area is 199 Å². The van der Waals surface area contributed by atoms with E-state index in [9.17, 15) is 0 Å². The maximum atomic E-state index is 6.41. The average Bonchev–Trinajstić information content (AvgIpc) is 2.79. The molecule has 0 bridgehead atoms. The second-order valence-electron chi connectivity index (χ2n) is 8.59. The standard InChI is InChI=1S/C26H33NO3.C2H6O/c1-17(2)24(16-28-5)30-23-15-10-19-8-7-9-22(26(19)25(23)18(3)4)27-20-11-13-21(29-6)14-12-20;1-3-2/h10-15,18,24H,1,7-9,16H2,2-6H3;1-2H3/t24-;/m0./s1. The maximum absolute atomic E-state index is 6.41. The highest BCUT2D eigenvalue weighted by Gasteiger charge is 2.25. The number of fused-ring (bicyclic) bond motifs is 1. The van der Waals surface area contributed by atoms with Crippen molar-refractivity contribution in [2.75, 3.05) is 35.0 Å². The van der Waals surface area contributed by atoms with Crippen LogP contribution in [0.4, 0.5) is 5.69 Å². The Morgan fingerprint density at radius 2 is 1.67 bits per heavy atom. The smallest absolute Gasteiger partial charge is 0.142 e. The summed E-state index contributed by atoms with van der Waals surface area (Å²) in [4.78, 5) is 5.03. The van der Waals surface area contributed by atoms with E-state index in [-0.39, 0.29) is 6.10 Å². The first-order chi connectivity index (χ1) is 15.9. The Balaban J connectivity index is 0.00000122. The van der Waals surface area contributed by atoms with Gasteiger partial charge in [0.25, 0.3) is 0 Å². The Kier molecular flexibility index (Phi) is 10.6. The quantitative estimate of drug-likeness (QED) is 0.428. The van der Waals surface area contributed by atoms with Crippen LogP contribution in [0.2, 0.25) is 0 Å². The molecule has 5 nitrogen and oxygen atoms in total. The number of ether oxygens (including phenoxy) is 4. The molecule has 0 heterocycles. The third-order valence-electron chi connectivity index (χ3n) is 5.49. The summed E-state index contributed by atoms with van der Waals surface area (Å²) in [5.74, 6) is 2.05. The third-order valence-corrected chi connectivity index (χ3v) is 5.49. The van der Waals surface area contributed by atoms with E-state index < -0.39 is 0 Å². The summed E-state index contributed by atoms with van der Waals surface area (Å²) in [6.07, 6.45) is 2.97. The Morgan fingerprint density at radius 1 is 1.00 bits per heavy atom. The van der Waals surface area contributed by atoms with E-state index in [0.29, 0.717) is 12.5 Å². The van der Waals surface area contributed by atoms with Gasteiger partial charge in [-0.1, -0.05) is 26.5 Å². The first-order valence-electron chi connectivity index (χ1n) is 11.4. The van der Waals surface area contributed by atoms with Gasteiger partial charge in [0.05, 0.1) is 19.4 Å². The number of aryl methyl sites for hydroxylation is 1. The molecule has 0 aromatic heterocycles. The fourth-order valence-electron chi connectivity index (χ4n) is 3.95. The lowest BCUT2D eigenvalue weighted by atomic mass is 9.82. The van der Waals surface area contributed by atoms with Crippen LogP contribution >= 0.6 is 0 Å². The van der Waals surface area contributed by atoms with Crippen LogP contribution in [0.1, 0.15) is 56.2 Å². The molecule has 0 saturated heterocycles. The molecule has 2 aromatic carbocycles. The molecule has 0 saturated carbocycles. The van der Waals surface area contributed by atoms with E-state index in [1.165, 1.54) is 16.7 Å². The van der Waals surface area contributed by atoms with Crippen molar-refractivity contribution in [3.8, 4) is 11.5 Å². The highest BCUT2D eigenvalue weighted by atomic mass is 16.5. The number of rotatable bonds is 8. The van der Waals surface area contributed by atoms with Gasteiger partial charge in [0.2, 0.25) is 0 Å². The van der Waals surface area contributed by atoms with Crippen LogP contribution in [-0.2, 0) is 15.9 Å². The van der Waals surface area contributed by atoms with E-state index in [0.717, 1.165) is 47.7 Å². The lowest BCUT2D eigenvalue weighted by molar-refractivity contribution is 0.101. The van der Waals surface area contributed by atoms with Gasteiger partial charge in [0.1, 0.15) is 17.6 Å². The van der Waals surface area contributed by atoms with Crippen molar-refractivity contribution in [3.05, 3.63) is 65.2 Å². The molecule has 0 amide bonds. The summed E-state index contributed by atoms with van der Waals surface area (Å²) in [5.41, 5.74) is 6.86. The fourth-order valence-corrected chi connectivity index (χ4v) is 3.95. The zero-order chi connectivity index (χ0) is 24.4. The van der Waals surface area contributed by atoms with Crippen LogP contribution in [0, 0.1) is 0 Å². The molecule has 5 heteroatoms. The second kappa shape index (κ2) is 13.2. The van der Waals surface area contributed by atoms with Gasteiger partial charge in [0, 0.05) is 38.2 Å². The van der Waals surface area contributed by atoms with Crippen molar-refractivity contribution in [2.45, 2.75) is 52.1 Å². The molecule has 1 aliphatic carbocycles. The van der Waals surface area contributed by atoms with Crippen LogP contribution in [0.5, 0.6) is 11.5 Å². The molecule has 0 N–H and O–H groups in total. The zero-order valence-corrected chi connectivity index (χ0v) is 21.2. The minimum absolute atomic E-state index is 0.170. The van der Waals surface area contributed by atoms with Gasteiger partial charge in [0.15, 0.2) is 0 Å². The largest absolute Gasteiger partial charge is 0.497 e. The number of hydrogen-bond acceptors (Lipinski definition) is 5. The first kappa shape index (κ1) is 26.6. The van der Waals surface area contributed by atoms with Gasteiger partial charge in [-0.3, -0.25) is 4.99 Å². The summed E-state index contributed by atoms with van der Waals surface area (Å²) in [5, 5.41) is 0. The minimum atomic E-state index is -0.170. The normalized spacial score (nSPS) is 14.8. The van der Waals surface area contributed by atoms with Gasteiger partial charge in [-0.05, 0) is 73.6 Å². The number of hydrogen-bond donors (Lipinski definition) is 0. The molecule has 0 spiro atoms. The van der Waals surface area contributed by atoms with E-state index in [4.69, 9.17) is 19.2 Å². The molecule has 0 fully saturated rings. The second-order valence-corrected chi connectivity index (χ2v) is 8.59. The molecule has 180 valence electrons. The number of methoxy groups -OCH3 is 3. The highest BCUT2D eigenvalue weighted by Crippen LogP contribution is 2.38. The molecule has 1 atom stereocenters. The zero-order valence-electron chi connectivity index (χ0n) is 21.2. The van der Waals surface area contributed by atoms with E-state index in [1.54, 1.807) is 28.4 Å². The maximum Gasteiger partial charge on any atom is 0.142 e. The molecule has 0 aliphatic heterocycles. The first-order valence-corrected chi connectivity index (χ1v) is 11.4. The summed E-state index contributed by atoms with van der Waals surface area (Å²) in [6.45, 7) is 11.0. The molecule has 33 heavy (non-hydrogen) atoms. The van der Waals surface area contributed by atoms with Crippen LogP contribution in [0.15, 0.2) is 53.5 Å². The van der Waals surface area contributed by atoms with E-state index >= 15 is 0 Å². The lowest BCUT2D eigenvalue weighted by Crippen LogP contribution is -2.25. The molecule has 3 rings (SSSR count). The van der Waals surface area contributed by atoms with Gasteiger partial charge in [-0.25, -0.2) is 0 Å².